The normalized spacial score (nSPS) is 11.7. The van der Waals surface area contributed by atoms with Crippen LogP contribution in [0.4, 0.5) is 5.69 Å². The Morgan fingerprint density at radius 2 is 1.38 bits per heavy atom. The lowest BCUT2D eigenvalue weighted by atomic mass is 10.1. The van der Waals surface area contributed by atoms with Crippen molar-refractivity contribution in [2.75, 3.05) is 5.06 Å². The Balaban J connectivity index is 1.41. The molecular weight excluding hydrogens is 537 g/mol. The molecule has 184 valence electrons. The minimum Gasteiger partial charge on any atom is -0.333 e. The van der Waals surface area contributed by atoms with Crippen molar-refractivity contribution >= 4 is 40.2 Å². The van der Waals surface area contributed by atoms with Gasteiger partial charge in [0.25, 0.3) is 5.91 Å². The van der Waals surface area contributed by atoms with Gasteiger partial charge in [-0.05, 0) is 82.0 Å². The monoisotopic (exact) mass is 575 g/mol. The molecule has 1 aliphatic carbocycles. The fourth-order valence-electron chi connectivity index (χ4n) is 4.67. The first-order valence-electron chi connectivity index (χ1n) is 12.9. The Labute approximate surface area is 218 Å². The lowest BCUT2D eigenvalue weighted by Gasteiger charge is -2.20. The van der Waals surface area contributed by atoms with E-state index in [-0.39, 0.29) is 11.9 Å². The summed E-state index contributed by atoms with van der Waals surface area (Å²) >= 11 is 2.33. The second-order valence-corrected chi connectivity index (χ2v) is 10.6. The van der Waals surface area contributed by atoms with E-state index in [0.717, 1.165) is 36.3 Å². The third-order valence-corrected chi connectivity index (χ3v) is 7.20. The van der Waals surface area contributed by atoms with Crippen LogP contribution in [0, 0.1) is 3.57 Å². The van der Waals surface area contributed by atoms with E-state index in [2.05, 4.69) is 47.7 Å². The number of fused-ring (bicyclic) bond motifs is 3. The van der Waals surface area contributed by atoms with Gasteiger partial charge in [0, 0.05) is 16.9 Å². The Morgan fingerprint density at radius 1 is 0.824 bits per heavy atom. The Morgan fingerprint density at radius 3 is 2.00 bits per heavy atom. The van der Waals surface area contributed by atoms with Crippen LogP contribution in [0.15, 0.2) is 36.4 Å². The van der Waals surface area contributed by atoms with E-state index in [9.17, 15) is 9.59 Å². The van der Waals surface area contributed by atoms with Crippen LogP contribution >= 0.6 is 22.6 Å². The summed E-state index contributed by atoms with van der Waals surface area (Å²) in [5.74, 6) is -0.637. The summed E-state index contributed by atoms with van der Waals surface area (Å²) in [5.41, 5.74) is 5.49. The van der Waals surface area contributed by atoms with Gasteiger partial charge in [-0.3, -0.25) is 4.79 Å². The highest BCUT2D eigenvalue weighted by atomic mass is 127. The van der Waals surface area contributed by atoms with Crippen LogP contribution in [-0.4, -0.2) is 11.9 Å². The second-order valence-electron chi connectivity index (χ2n) is 9.38. The summed E-state index contributed by atoms with van der Waals surface area (Å²) in [6, 6.07) is 12.3. The summed E-state index contributed by atoms with van der Waals surface area (Å²) in [4.78, 5) is 30.2. The number of hydrogen-bond donors (Lipinski definition) is 0. The molecule has 0 heterocycles. The van der Waals surface area contributed by atoms with E-state index in [1.165, 1.54) is 78.6 Å². The molecule has 4 nitrogen and oxygen atoms in total. The Bertz CT molecular complexity index is 972. The first-order chi connectivity index (χ1) is 16.5. The Kier molecular flexibility index (Phi) is 10.9. The van der Waals surface area contributed by atoms with Crippen LogP contribution in [0.2, 0.25) is 0 Å². The molecule has 3 rings (SSSR count). The number of amides is 1. The zero-order valence-electron chi connectivity index (χ0n) is 20.7. The van der Waals surface area contributed by atoms with Crippen molar-refractivity contribution in [3.63, 3.8) is 0 Å². The lowest BCUT2D eigenvalue weighted by molar-refractivity contribution is -0.150. The molecule has 0 radical (unpaired) electrons. The minimum atomic E-state index is -0.343. The number of carbonyl (C=O) groups is 2. The summed E-state index contributed by atoms with van der Waals surface area (Å²) in [7, 11) is 0. The molecule has 34 heavy (non-hydrogen) atoms. The molecule has 1 aliphatic rings. The molecule has 5 heteroatoms. The standard InChI is InChI=1S/C29H38INO3/c1-3-4-5-6-7-8-9-10-11-12-13-14-29(33)34-31(22(2)32)26-16-18-28-24(21-26)19-23-20-25(30)15-17-27(23)28/h15-18,20-21H,3-14,19H2,1-2H3. The zero-order chi connectivity index (χ0) is 24.3. The van der Waals surface area contributed by atoms with Gasteiger partial charge in [-0.2, -0.15) is 0 Å². The maximum Gasteiger partial charge on any atom is 0.333 e. The van der Waals surface area contributed by atoms with Gasteiger partial charge in [0.1, 0.15) is 0 Å². The molecule has 0 saturated carbocycles. The lowest BCUT2D eigenvalue weighted by Crippen LogP contribution is -2.31. The molecule has 0 N–H and O–H groups in total. The van der Waals surface area contributed by atoms with E-state index in [4.69, 9.17) is 4.84 Å². The molecule has 0 aliphatic heterocycles. The van der Waals surface area contributed by atoms with Crippen LogP contribution in [0.25, 0.3) is 11.1 Å². The van der Waals surface area contributed by atoms with Crippen LogP contribution in [0.3, 0.4) is 0 Å². The van der Waals surface area contributed by atoms with Gasteiger partial charge in [0.2, 0.25) is 0 Å². The number of hydrogen-bond acceptors (Lipinski definition) is 3. The van der Waals surface area contributed by atoms with Crippen molar-refractivity contribution in [3.05, 3.63) is 51.1 Å². The first kappa shape index (κ1) is 26.7. The zero-order valence-corrected chi connectivity index (χ0v) is 22.9. The molecule has 2 aromatic rings. The SMILES string of the molecule is CCCCCCCCCCCCCC(=O)ON(C(C)=O)c1ccc2c(c1)Cc1cc(I)ccc1-2. The fraction of sp³-hybridized carbons (Fsp3) is 0.517. The average molecular weight is 576 g/mol. The smallest absolute Gasteiger partial charge is 0.333 e. The highest BCUT2D eigenvalue weighted by Gasteiger charge is 2.23. The largest absolute Gasteiger partial charge is 0.333 e. The van der Waals surface area contributed by atoms with Crippen molar-refractivity contribution in [2.24, 2.45) is 0 Å². The van der Waals surface area contributed by atoms with Crippen LogP contribution < -0.4 is 5.06 Å². The molecule has 1 amide bonds. The van der Waals surface area contributed by atoms with Gasteiger partial charge < -0.3 is 4.84 Å². The maximum atomic E-state index is 12.4. The number of rotatable bonds is 13. The van der Waals surface area contributed by atoms with E-state index in [0.29, 0.717) is 12.1 Å². The Hall–Kier alpha value is -1.89. The molecular formula is C29H38INO3. The number of halogens is 1. The average Bonchev–Trinajstić information content (AvgIpc) is 3.17. The molecule has 0 atom stereocenters. The van der Waals surface area contributed by atoms with E-state index in [1.807, 2.05) is 18.2 Å². The van der Waals surface area contributed by atoms with Gasteiger partial charge >= 0.3 is 5.97 Å². The molecule has 2 aromatic carbocycles. The number of anilines is 1. The summed E-state index contributed by atoms with van der Waals surface area (Å²) in [6.45, 7) is 3.68. The van der Waals surface area contributed by atoms with Crippen molar-refractivity contribution < 1.29 is 14.4 Å². The van der Waals surface area contributed by atoms with Crippen LogP contribution in [0.5, 0.6) is 0 Å². The van der Waals surface area contributed by atoms with Gasteiger partial charge in [0.05, 0.1) is 5.69 Å². The molecule has 0 bridgehead atoms. The number of carbonyl (C=O) groups excluding carboxylic acids is 2. The molecule has 0 spiro atoms. The third-order valence-electron chi connectivity index (χ3n) is 6.53. The number of unbranched alkanes of at least 4 members (excludes halogenated alkanes) is 10. The van der Waals surface area contributed by atoms with Gasteiger partial charge in [-0.15, -0.1) is 5.06 Å². The summed E-state index contributed by atoms with van der Waals surface area (Å²) in [6.07, 6.45) is 14.7. The highest BCUT2D eigenvalue weighted by molar-refractivity contribution is 14.1. The number of nitrogens with zero attached hydrogens (tertiary/aromatic N) is 1. The van der Waals surface area contributed by atoms with Crippen LogP contribution in [-0.2, 0) is 20.8 Å². The molecule has 0 fully saturated rings. The predicted octanol–water partition coefficient (Wildman–Crippen LogP) is 8.37. The molecule has 0 aromatic heterocycles. The van der Waals surface area contributed by atoms with Gasteiger partial charge in [-0.1, -0.05) is 83.3 Å². The predicted molar refractivity (Wildman–Crippen MR) is 148 cm³/mol. The van der Waals surface area contributed by atoms with E-state index >= 15 is 0 Å². The topological polar surface area (TPSA) is 46.6 Å². The van der Waals surface area contributed by atoms with Crippen molar-refractivity contribution in [3.8, 4) is 11.1 Å². The maximum absolute atomic E-state index is 12.4. The second kappa shape index (κ2) is 13.9. The summed E-state index contributed by atoms with van der Waals surface area (Å²) in [5, 5.41) is 1.15. The number of benzene rings is 2. The van der Waals surface area contributed by atoms with Gasteiger partial charge in [0.15, 0.2) is 0 Å². The van der Waals surface area contributed by atoms with E-state index < -0.39 is 0 Å². The number of hydroxylamine groups is 1. The first-order valence-corrected chi connectivity index (χ1v) is 14.0. The minimum absolute atomic E-state index is 0.294. The summed E-state index contributed by atoms with van der Waals surface area (Å²) < 4.78 is 1.21. The van der Waals surface area contributed by atoms with Crippen molar-refractivity contribution in [2.45, 2.75) is 97.3 Å². The van der Waals surface area contributed by atoms with Gasteiger partial charge in [-0.25, -0.2) is 4.79 Å². The van der Waals surface area contributed by atoms with Crippen molar-refractivity contribution in [1.82, 2.24) is 0 Å². The third kappa shape index (κ3) is 7.82. The van der Waals surface area contributed by atoms with E-state index in [1.54, 1.807) is 0 Å². The quantitative estimate of drug-likeness (QED) is 0.117. The van der Waals surface area contributed by atoms with Crippen molar-refractivity contribution in [1.29, 1.82) is 0 Å². The van der Waals surface area contributed by atoms with Crippen LogP contribution in [0.1, 0.15) is 102 Å². The highest BCUT2D eigenvalue weighted by Crippen LogP contribution is 2.39. The fourth-order valence-corrected chi connectivity index (χ4v) is 5.23. The molecule has 0 unspecified atom stereocenters. The molecule has 0 saturated heterocycles.